The van der Waals surface area contributed by atoms with Gasteiger partial charge in [-0.15, -0.1) is 0 Å². The number of pyridine rings is 1. The fraction of sp³-hybridized carbons (Fsp3) is 0.375. The Hall–Kier alpha value is -1.09. The minimum Gasteiger partial charge on any atom is -0.329 e. The van der Waals surface area contributed by atoms with E-state index >= 15 is 0 Å². The molecule has 0 bridgehead atoms. The second kappa shape index (κ2) is 3.34. The predicted octanol–water partition coefficient (Wildman–Crippen LogP) is 0.655. The summed E-state index contributed by atoms with van der Waals surface area (Å²) >= 11 is 0. The predicted molar refractivity (Wildman–Crippen MR) is 44.5 cm³/mol. The third-order valence-corrected chi connectivity index (χ3v) is 1.74. The molecule has 0 aliphatic carbocycles. The molecule has 0 aliphatic heterocycles. The third-order valence-electron chi connectivity index (χ3n) is 1.74. The maximum Gasteiger partial charge on any atom is 0.247 e. The van der Waals surface area contributed by atoms with Crippen molar-refractivity contribution in [3.05, 3.63) is 34.2 Å². The van der Waals surface area contributed by atoms with Crippen LogP contribution in [0.5, 0.6) is 0 Å². The lowest BCUT2D eigenvalue weighted by Crippen LogP contribution is -2.14. The van der Waals surface area contributed by atoms with Crippen LogP contribution in [0.2, 0.25) is 0 Å². The summed E-state index contributed by atoms with van der Waals surface area (Å²) in [6.45, 7) is 2.04. The van der Waals surface area contributed by atoms with Crippen LogP contribution >= 0.6 is 0 Å². The number of hydrogen-bond acceptors (Lipinski definition) is 2. The second-order valence-electron chi connectivity index (χ2n) is 2.50. The van der Waals surface area contributed by atoms with E-state index in [-0.39, 0.29) is 11.6 Å². The molecular weight excluding hydrogens is 140 g/mol. The highest BCUT2D eigenvalue weighted by Gasteiger charge is 1.99. The van der Waals surface area contributed by atoms with Crippen molar-refractivity contribution in [2.45, 2.75) is 13.0 Å². The SMILES string of the molecule is CN[C@H](C)c1ccc(=O)[nH]c1. The highest BCUT2D eigenvalue weighted by Crippen LogP contribution is 2.06. The van der Waals surface area contributed by atoms with Gasteiger partial charge in [0.05, 0.1) is 0 Å². The zero-order chi connectivity index (χ0) is 8.27. The smallest absolute Gasteiger partial charge is 0.247 e. The number of nitrogens with one attached hydrogen (secondary N) is 2. The Morgan fingerprint density at radius 2 is 2.27 bits per heavy atom. The van der Waals surface area contributed by atoms with Gasteiger partial charge in [0, 0.05) is 18.3 Å². The molecule has 0 spiro atoms. The quantitative estimate of drug-likeness (QED) is 0.653. The van der Waals surface area contributed by atoms with Gasteiger partial charge in [0.25, 0.3) is 0 Å². The average Bonchev–Trinajstić information content (AvgIpc) is 2.05. The van der Waals surface area contributed by atoms with E-state index in [1.807, 2.05) is 20.0 Å². The van der Waals surface area contributed by atoms with Gasteiger partial charge in [-0.2, -0.15) is 0 Å². The second-order valence-corrected chi connectivity index (χ2v) is 2.50. The van der Waals surface area contributed by atoms with E-state index in [2.05, 4.69) is 10.3 Å². The summed E-state index contributed by atoms with van der Waals surface area (Å²) in [5, 5.41) is 3.08. The molecular formula is C8H12N2O. The molecule has 1 rings (SSSR count). The Morgan fingerprint density at radius 1 is 1.55 bits per heavy atom. The van der Waals surface area contributed by atoms with Crippen molar-refractivity contribution in [1.29, 1.82) is 0 Å². The Kier molecular flexibility index (Phi) is 2.44. The molecule has 1 aromatic heterocycles. The van der Waals surface area contributed by atoms with E-state index in [4.69, 9.17) is 0 Å². The van der Waals surface area contributed by atoms with Crippen molar-refractivity contribution >= 4 is 0 Å². The largest absolute Gasteiger partial charge is 0.329 e. The molecule has 0 amide bonds. The molecule has 0 saturated heterocycles. The maximum atomic E-state index is 10.7. The number of rotatable bonds is 2. The van der Waals surface area contributed by atoms with Crippen molar-refractivity contribution in [2.75, 3.05) is 7.05 Å². The summed E-state index contributed by atoms with van der Waals surface area (Å²) in [7, 11) is 1.88. The first-order chi connectivity index (χ1) is 5.24. The fourth-order valence-electron chi connectivity index (χ4n) is 0.859. The van der Waals surface area contributed by atoms with Crippen LogP contribution in [0.1, 0.15) is 18.5 Å². The summed E-state index contributed by atoms with van der Waals surface area (Å²) in [4.78, 5) is 13.3. The normalized spacial score (nSPS) is 12.9. The summed E-state index contributed by atoms with van der Waals surface area (Å²) in [6.07, 6.45) is 1.73. The molecule has 1 atom stereocenters. The van der Waals surface area contributed by atoms with E-state index in [1.54, 1.807) is 6.20 Å². The molecule has 0 aliphatic rings. The monoisotopic (exact) mass is 152 g/mol. The van der Waals surface area contributed by atoms with Crippen molar-refractivity contribution < 1.29 is 0 Å². The van der Waals surface area contributed by atoms with Crippen LogP contribution in [-0.4, -0.2) is 12.0 Å². The minimum absolute atomic E-state index is 0.0583. The van der Waals surface area contributed by atoms with Gasteiger partial charge in [0.1, 0.15) is 0 Å². The fourth-order valence-corrected chi connectivity index (χ4v) is 0.859. The van der Waals surface area contributed by atoms with Gasteiger partial charge >= 0.3 is 0 Å². The first-order valence-corrected chi connectivity index (χ1v) is 3.60. The van der Waals surface area contributed by atoms with E-state index in [0.717, 1.165) is 5.56 Å². The van der Waals surface area contributed by atoms with E-state index < -0.39 is 0 Å². The lowest BCUT2D eigenvalue weighted by molar-refractivity contribution is 0.649. The minimum atomic E-state index is -0.0583. The third kappa shape index (κ3) is 1.91. The molecule has 2 N–H and O–H groups in total. The molecule has 11 heavy (non-hydrogen) atoms. The molecule has 1 aromatic rings. The van der Waals surface area contributed by atoms with Gasteiger partial charge in [0.15, 0.2) is 0 Å². The zero-order valence-corrected chi connectivity index (χ0v) is 6.72. The Morgan fingerprint density at radius 3 is 2.73 bits per heavy atom. The van der Waals surface area contributed by atoms with Gasteiger partial charge < -0.3 is 10.3 Å². The lowest BCUT2D eigenvalue weighted by atomic mass is 10.1. The molecule has 0 radical (unpaired) electrons. The van der Waals surface area contributed by atoms with Gasteiger partial charge in [-0.05, 0) is 19.5 Å². The molecule has 3 nitrogen and oxygen atoms in total. The standard InChI is InChI=1S/C8H12N2O/c1-6(9-2)7-3-4-8(11)10-5-7/h3-6,9H,1-2H3,(H,10,11)/t6-/m1/s1. The zero-order valence-electron chi connectivity index (χ0n) is 6.72. The number of H-pyrrole nitrogens is 1. The van der Waals surface area contributed by atoms with Crippen molar-refractivity contribution in [2.24, 2.45) is 0 Å². The summed E-state index contributed by atoms with van der Waals surface area (Å²) in [5.41, 5.74) is 1.03. The number of hydrogen-bond donors (Lipinski definition) is 2. The Bertz CT molecular complexity index is 259. The molecule has 0 aromatic carbocycles. The van der Waals surface area contributed by atoms with Crippen LogP contribution in [0.3, 0.4) is 0 Å². The summed E-state index contributed by atoms with van der Waals surface area (Å²) < 4.78 is 0. The highest BCUT2D eigenvalue weighted by atomic mass is 16.1. The molecule has 60 valence electrons. The first kappa shape index (κ1) is 8.01. The molecule has 0 saturated carbocycles. The Balaban J connectivity index is 2.89. The van der Waals surface area contributed by atoms with Crippen molar-refractivity contribution in [3.63, 3.8) is 0 Å². The van der Waals surface area contributed by atoms with Gasteiger partial charge in [0.2, 0.25) is 5.56 Å². The molecule has 3 heteroatoms. The van der Waals surface area contributed by atoms with Crippen LogP contribution in [0, 0.1) is 0 Å². The van der Waals surface area contributed by atoms with Crippen LogP contribution in [-0.2, 0) is 0 Å². The number of aromatic amines is 1. The summed E-state index contributed by atoms with van der Waals surface area (Å²) in [6, 6.07) is 3.63. The molecule has 1 heterocycles. The van der Waals surface area contributed by atoms with Crippen LogP contribution in [0.4, 0.5) is 0 Å². The van der Waals surface area contributed by atoms with Crippen molar-refractivity contribution in [1.82, 2.24) is 10.3 Å². The van der Waals surface area contributed by atoms with Gasteiger partial charge in [-0.3, -0.25) is 4.79 Å². The van der Waals surface area contributed by atoms with E-state index in [0.29, 0.717) is 0 Å². The van der Waals surface area contributed by atoms with Gasteiger partial charge in [-0.25, -0.2) is 0 Å². The summed E-state index contributed by atoms with van der Waals surface area (Å²) in [5.74, 6) is 0. The van der Waals surface area contributed by atoms with Crippen LogP contribution in [0.15, 0.2) is 23.1 Å². The van der Waals surface area contributed by atoms with Crippen LogP contribution < -0.4 is 10.9 Å². The van der Waals surface area contributed by atoms with Crippen molar-refractivity contribution in [3.8, 4) is 0 Å². The van der Waals surface area contributed by atoms with E-state index in [1.165, 1.54) is 6.07 Å². The topological polar surface area (TPSA) is 44.9 Å². The molecule has 0 unspecified atom stereocenters. The Labute approximate surface area is 65.5 Å². The lowest BCUT2D eigenvalue weighted by Gasteiger charge is -2.08. The first-order valence-electron chi connectivity index (χ1n) is 3.60. The average molecular weight is 152 g/mol. The number of aromatic nitrogens is 1. The maximum absolute atomic E-state index is 10.7. The van der Waals surface area contributed by atoms with E-state index in [9.17, 15) is 4.79 Å². The molecule has 0 fully saturated rings. The highest BCUT2D eigenvalue weighted by molar-refractivity contribution is 5.12. The van der Waals surface area contributed by atoms with Gasteiger partial charge in [-0.1, -0.05) is 6.07 Å². The van der Waals surface area contributed by atoms with Crippen LogP contribution in [0.25, 0.3) is 0 Å².